The molecule has 2 saturated heterocycles. The third-order valence-electron chi connectivity index (χ3n) is 3.52. The third kappa shape index (κ3) is 3.94. The second-order valence-corrected chi connectivity index (χ2v) is 4.79. The minimum atomic E-state index is -0.748. The minimum Gasteiger partial charge on any atom is -0.481 e. The molecule has 0 aromatic heterocycles. The van der Waals surface area contributed by atoms with Gasteiger partial charge in [-0.05, 0) is 19.3 Å². The maximum Gasteiger partial charge on any atom is 0.305 e. The van der Waals surface area contributed by atoms with Crippen LogP contribution in [0.1, 0.15) is 25.7 Å². The predicted molar refractivity (Wildman–Crippen MR) is 62.0 cm³/mol. The fourth-order valence-corrected chi connectivity index (χ4v) is 2.55. The molecule has 5 nitrogen and oxygen atoms in total. The zero-order valence-corrected chi connectivity index (χ0v) is 10.1. The minimum absolute atomic E-state index is 0.0302. The first-order chi connectivity index (χ1) is 8.25. The van der Waals surface area contributed by atoms with Gasteiger partial charge < -0.3 is 14.6 Å². The van der Waals surface area contributed by atoms with Gasteiger partial charge in [0.25, 0.3) is 0 Å². The molecule has 2 atom stereocenters. The van der Waals surface area contributed by atoms with Crippen molar-refractivity contribution >= 4 is 5.97 Å². The molecule has 0 spiro atoms. The molecule has 5 heteroatoms. The zero-order chi connectivity index (χ0) is 12.1. The van der Waals surface area contributed by atoms with Crippen LogP contribution >= 0.6 is 0 Å². The van der Waals surface area contributed by atoms with Crippen LogP contribution in [0.15, 0.2) is 0 Å². The molecule has 17 heavy (non-hydrogen) atoms. The molecule has 2 aliphatic heterocycles. The summed E-state index contributed by atoms with van der Waals surface area (Å²) in [6.07, 6.45) is 3.87. The van der Waals surface area contributed by atoms with Crippen LogP contribution < -0.4 is 0 Å². The van der Waals surface area contributed by atoms with Crippen molar-refractivity contribution in [3.63, 3.8) is 0 Å². The van der Waals surface area contributed by atoms with Crippen molar-refractivity contribution < 1.29 is 19.4 Å². The molecule has 2 aliphatic rings. The molecule has 0 radical (unpaired) electrons. The second-order valence-electron chi connectivity index (χ2n) is 4.79. The Labute approximate surface area is 102 Å². The van der Waals surface area contributed by atoms with Crippen molar-refractivity contribution in [2.24, 2.45) is 0 Å². The lowest BCUT2D eigenvalue weighted by atomic mass is 10.1. The molecule has 2 fully saturated rings. The lowest BCUT2D eigenvalue weighted by Crippen LogP contribution is -2.47. The molecule has 0 aromatic rings. The zero-order valence-electron chi connectivity index (χ0n) is 10.1. The lowest BCUT2D eigenvalue weighted by molar-refractivity contribution is -0.140. The molecule has 0 aromatic carbocycles. The molecule has 98 valence electrons. The normalized spacial score (nSPS) is 30.6. The molecule has 2 rings (SSSR count). The van der Waals surface area contributed by atoms with Crippen LogP contribution in [0.5, 0.6) is 0 Å². The van der Waals surface area contributed by atoms with Crippen molar-refractivity contribution in [2.75, 3.05) is 32.9 Å². The van der Waals surface area contributed by atoms with Crippen LogP contribution in [-0.2, 0) is 14.3 Å². The standard InChI is InChI=1S/C12H21NO4/c14-12(15)8-10-9-16-7-5-13(10)4-3-11-2-1-6-17-11/h10-11H,1-9H2,(H,14,15). The van der Waals surface area contributed by atoms with Crippen LogP contribution in [0.2, 0.25) is 0 Å². The highest BCUT2D eigenvalue weighted by molar-refractivity contribution is 5.67. The van der Waals surface area contributed by atoms with E-state index in [1.165, 1.54) is 0 Å². The Morgan fingerprint density at radius 1 is 1.41 bits per heavy atom. The Kier molecular flexibility index (Phi) is 4.76. The van der Waals surface area contributed by atoms with Crippen LogP contribution in [-0.4, -0.2) is 61.0 Å². The van der Waals surface area contributed by atoms with Gasteiger partial charge in [0.05, 0.1) is 25.7 Å². The summed E-state index contributed by atoms with van der Waals surface area (Å²) in [5.41, 5.74) is 0. The average Bonchev–Trinajstić information content (AvgIpc) is 2.80. The van der Waals surface area contributed by atoms with Gasteiger partial charge in [0.2, 0.25) is 0 Å². The molecule has 0 aliphatic carbocycles. The fraction of sp³-hybridized carbons (Fsp3) is 0.917. The Morgan fingerprint density at radius 2 is 2.29 bits per heavy atom. The van der Waals surface area contributed by atoms with Gasteiger partial charge in [-0.3, -0.25) is 9.69 Å². The van der Waals surface area contributed by atoms with E-state index in [0.717, 1.165) is 39.0 Å². The van der Waals surface area contributed by atoms with E-state index in [4.69, 9.17) is 14.6 Å². The maximum absolute atomic E-state index is 10.8. The van der Waals surface area contributed by atoms with Crippen LogP contribution in [0.4, 0.5) is 0 Å². The van der Waals surface area contributed by atoms with Gasteiger partial charge in [-0.15, -0.1) is 0 Å². The number of carbonyl (C=O) groups is 1. The van der Waals surface area contributed by atoms with E-state index < -0.39 is 5.97 Å². The number of aliphatic carboxylic acids is 1. The largest absolute Gasteiger partial charge is 0.481 e. The summed E-state index contributed by atoms with van der Waals surface area (Å²) in [5.74, 6) is -0.748. The maximum atomic E-state index is 10.8. The van der Waals surface area contributed by atoms with Gasteiger partial charge in [0.1, 0.15) is 0 Å². The number of carboxylic acid groups (broad SMARTS) is 1. The molecular weight excluding hydrogens is 222 g/mol. The van der Waals surface area contributed by atoms with E-state index in [1.807, 2.05) is 0 Å². The Morgan fingerprint density at radius 3 is 3.00 bits per heavy atom. The van der Waals surface area contributed by atoms with Gasteiger partial charge in [-0.1, -0.05) is 0 Å². The Bertz CT molecular complexity index is 253. The van der Waals surface area contributed by atoms with Crippen molar-refractivity contribution in [3.8, 4) is 0 Å². The monoisotopic (exact) mass is 243 g/mol. The molecule has 0 saturated carbocycles. The SMILES string of the molecule is O=C(O)CC1COCCN1CCC1CCCO1. The van der Waals surface area contributed by atoms with Crippen molar-refractivity contribution in [1.29, 1.82) is 0 Å². The number of hydrogen-bond donors (Lipinski definition) is 1. The number of ether oxygens (including phenoxy) is 2. The van der Waals surface area contributed by atoms with Gasteiger partial charge in [0.15, 0.2) is 0 Å². The van der Waals surface area contributed by atoms with E-state index >= 15 is 0 Å². The van der Waals surface area contributed by atoms with Gasteiger partial charge in [0, 0.05) is 25.7 Å². The topological polar surface area (TPSA) is 59.0 Å². The van der Waals surface area contributed by atoms with E-state index in [0.29, 0.717) is 19.3 Å². The van der Waals surface area contributed by atoms with Gasteiger partial charge in [-0.2, -0.15) is 0 Å². The summed E-state index contributed by atoms with van der Waals surface area (Å²) < 4.78 is 10.9. The highest BCUT2D eigenvalue weighted by Gasteiger charge is 2.26. The average molecular weight is 243 g/mol. The summed E-state index contributed by atoms with van der Waals surface area (Å²) in [5, 5.41) is 8.86. The lowest BCUT2D eigenvalue weighted by Gasteiger charge is -2.35. The number of nitrogens with zero attached hydrogens (tertiary/aromatic N) is 1. The highest BCUT2D eigenvalue weighted by Crippen LogP contribution is 2.18. The van der Waals surface area contributed by atoms with Crippen molar-refractivity contribution in [3.05, 3.63) is 0 Å². The van der Waals surface area contributed by atoms with Crippen LogP contribution in [0, 0.1) is 0 Å². The fourth-order valence-electron chi connectivity index (χ4n) is 2.55. The molecule has 0 bridgehead atoms. The number of hydrogen-bond acceptors (Lipinski definition) is 4. The van der Waals surface area contributed by atoms with Gasteiger partial charge >= 0.3 is 5.97 Å². The van der Waals surface area contributed by atoms with E-state index in [2.05, 4.69) is 4.90 Å². The van der Waals surface area contributed by atoms with Gasteiger partial charge in [-0.25, -0.2) is 0 Å². The number of carboxylic acids is 1. The molecule has 2 heterocycles. The molecule has 0 amide bonds. The summed E-state index contributed by atoms with van der Waals surface area (Å²) in [6.45, 7) is 3.89. The van der Waals surface area contributed by atoms with E-state index in [9.17, 15) is 4.79 Å². The van der Waals surface area contributed by atoms with Crippen LogP contribution in [0.25, 0.3) is 0 Å². The first-order valence-corrected chi connectivity index (χ1v) is 6.41. The summed E-state index contributed by atoms with van der Waals surface area (Å²) >= 11 is 0. The van der Waals surface area contributed by atoms with E-state index in [1.54, 1.807) is 0 Å². The quantitative estimate of drug-likeness (QED) is 0.771. The summed E-state index contributed by atoms with van der Waals surface area (Å²) in [4.78, 5) is 13.0. The molecule has 2 unspecified atom stereocenters. The second kappa shape index (κ2) is 6.33. The smallest absolute Gasteiger partial charge is 0.305 e. The number of morpholine rings is 1. The molecular formula is C12H21NO4. The summed E-state index contributed by atoms with van der Waals surface area (Å²) in [7, 11) is 0. The molecule has 1 N–H and O–H groups in total. The van der Waals surface area contributed by atoms with Crippen molar-refractivity contribution in [1.82, 2.24) is 4.90 Å². The first kappa shape index (κ1) is 12.8. The highest BCUT2D eigenvalue weighted by atomic mass is 16.5. The van der Waals surface area contributed by atoms with Crippen molar-refractivity contribution in [2.45, 2.75) is 37.8 Å². The predicted octanol–water partition coefficient (Wildman–Crippen LogP) is 0.731. The van der Waals surface area contributed by atoms with Crippen LogP contribution in [0.3, 0.4) is 0 Å². The number of rotatable bonds is 5. The van der Waals surface area contributed by atoms with E-state index in [-0.39, 0.29) is 12.5 Å². The Hall–Kier alpha value is -0.650. The first-order valence-electron chi connectivity index (χ1n) is 6.41. The summed E-state index contributed by atoms with van der Waals surface area (Å²) in [6, 6.07) is 0.0302. The third-order valence-corrected chi connectivity index (χ3v) is 3.52. The Balaban J connectivity index is 1.76.